The molecule has 2 aromatic heterocycles. The van der Waals surface area contributed by atoms with Gasteiger partial charge >= 0.3 is 0 Å². The standard InChI is InChI=1S/C16H11BrClNO2S/c17-14-8-7-12(21-14)16(20)19-15(13-2-1-9-22-13)10-3-5-11(18)6-4-10/h1-9,15H,(H,19,20). The molecule has 1 aromatic carbocycles. The maximum atomic E-state index is 12.4. The second-order valence-electron chi connectivity index (χ2n) is 4.58. The van der Waals surface area contributed by atoms with Crippen molar-refractivity contribution >= 4 is 44.8 Å². The second kappa shape index (κ2) is 6.69. The fourth-order valence-electron chi connectivity index (χ4n) is 2.07. The van der Waals surface area contributed by atoms with Gasteiger partial charge in [0.15, 0.2) is 10.4 Å². The van der Waals surface area contributed by atoms with Gasteiger partial charge in [-0.2, -0.15) is 0 Å². The highest BCUT2D eigenvalue weighted by atomic mass is 79.9. The third kappa shape index (κ3) is 3.43. The first-order valence-corrected chi connectivity index (χ1v) is 8.53. The predicted octanol–water partition coefficient (Wildman–Crippen LogP) is 5.28. The van der Waals surface area contributed by atoms with E-state index in [4.69, 9.17) is 16.0 Å². The lowest BCUT2D eigenvalue weighted by atomic mass is 10.1. The van der Waals surface area contributed by atoms with Crippen LogP contribution in [0.25, 0.3) is 0 Å². The molecular formula is C16H11BrClNO2S. The molecule has 2 heterocycles. The topological polar surface area (TPSA) is 42.2 Å². The van der Waals surface area contributed by atoms with Crippen molar-refractivity contribution in [3.05, 3.63) is 79.8 Å². The minimum Gasteiger partial charge on any atom is -0.444 e. The van der Waals surface area contributed by atoms with Crippen LogP contribution in [0.3, 0.4) is 0 Å². The van der Waals surface area contributed by atoms with Gasteiger partial charge in [-0.15, -0.1) is 11.3 Å². The van der Waals surface area contributed by atoms with Crippen molar-refractivity contribution in [2.45, 2.75) is 6.04 Å². The maximum absolute atomic E-state index is 12.4. The zero-order valence-corrected chi connectivity index (χ0v) is 14.4. The average Bonchev–Trinajstić information content (AvgIpc) is 3.17. The Morgan fingerprint density at radius 2 is 1.95 bits per heavy atom. The van der Waals surface area contributed by atoms with Crippen LogP contribution >= 0.6 is 38.9 Å². The highest BCUT2D eigenvalue weighted by Crippen LogP contribution is 2.27. The molecule has 1 N–H and O–H groups in total. The van der Waals surface area contributed by atoms with Crippen LogP contribution < -0.4 is 5.32 Å². The number of benzene rings is 1. The summed E-state index contributed by atoms with van der Waals surface area (Å²) in [6, 6.07) is 14.5. The van der Waals surface area contributed by atoms with Crippen molar-refractivity contribution in [2.75, 3.05) is 0 Å². The lowest BCUT2D eigenvalue weighted by Gasteiger charge is -2.17. The van der Waals surface area contributed by atoms with Gasteiger partial charge in [0.05, 0.1) is 6.04 Å². The Balaban J connectivity index is 1.89. The molecule has 1 amide bonds. The van der Waals surface area contributed by atoms with E-state index in [1.54, 1.807) is 23.5 Å². The van der Waals surface area contributed by atoms with Crippen LogP contribution in [-0.2, 0) is 0 Å². The molecule has 22 heavy (non-hydrogen) atoms. The van der Waals surface area contributed by atoms with Gasteiger partial charge in [-0.1, -0.05) is 29.8 Å². The Morgan fingerprint density at radius 1 is 1.18 bits per heavy atom. The van der Waals surface area contributed by atoms with Gasteiger partial charge in [0, 0.05) is 9.90 Å². The average molecular weight is 397 g/mol. The van der Waals surface area contributed by atoms with Crippen molar-refractivity contribution in [1.29, 1.82) is 0 Å². The molecule has 0 bridgehead atoms. The molecule has 0 saturated heterocycles. The molecule has 1 unspecified atom stereocenters. The Morgan fingerprint density at radius 3 is 2.55 bits per heavy atom. The van der Waals surface area contributed by atoms with E-state index >= 15 is 0 Å². The fraction of sp³-hybridized carbons (Fsp3) is 0.0625. The monoisotopic (exact) mass is 395 g/mol. The first kappa shape index (κ1) is 15.3. The Kier molecular flexibility index (Phi) is 4.66. The van der Waals surface area contributed by atoms with Gasteiger partial charge in [-0.05, 0) is 57.2 Å². The smallest absolute Gasteiger partial charge is 0.287 e. The molecule has 3 nitrogen and oxygen atoms in total. The number of hydrogen-bond acceptors (Lipinski definition) is 3. The summed E-state index contributed by atoms with van der Waals surface area (Å²) in [6.45, 7) is 0. The van der Waals surface area contributed by atoms with Gasteiger partial charge in [0.1, 0.15) is 0 Å². The number of halogens is 2. The van der Waals surface area contributed by atoms with Crippen molar-refractivity contribution in [2.24, 2.45) is 0 Å². The zero-order chi connectivity index (χ0) is 15.5. The van der Waals surface area contributed by atoms with Gasteiger partial charge in [0.2, 0.25) is 0 Å². The summed E-state index contributed by atoms with van der Waals surface area (Å²) in [7, 11) is 0. The van der Waals surface area contributed by atoms with E-state index in [-0.39, 0.29) is 17.7 Å². The molecule has 0 aliphatic heterocycles. The molecule has 3 aromatic rings. The number of rotatable bonds is 4. The number of carbonyl (C=O) groups excluding carboxylic acids is 1. The summed E-state index contributed by atoms with van der Waals surface area (Å²) >= 11 is 10.7. The third-order valence-corrected chi connectivity index (χ3v) is 4.72. The molecule has 112 valence electrons. The van der Waals surface area contributed by atoms with E-state index in [0.29, 0.717) is 9.69 Å². The van der Waals surface area contributed by atoms with E-state index in [9.17, 15) is 4.79 Å². The van der Waals surface area contributed by atoms with Crippen molar-refractivity contribution in [3.8, 4) is 0 Å². The van der Waals surface area contributed by atoms with Gasteiger partial charge in [-0.25, -0.2) is 0 Å². The Labute approximate surface area is 145 Å². The van der Waals surface area contributed by atoms with E-state index in [0.717, 1.165) is 10.4 Å². The number of furan rings is 1. The largest absolute Gasteiger partial charge is 0.444 e. The summed E-state index contributed by atoms with van der Waals surface area (Å²) in [5.74, 6) is 0.00134. The highest BCUT2D eigenvalue weighted by Gasteiger charge is 2.20. The first-order chi connectivity index (χ1) is 10.6. The summed E-state index contributed by atoms with van der Waals surface area (Å²) in [5, 5.41) is 5.64. The van der Waals surface area contributed by atoms with Crippen LogP contribution in [-0.4, -0.2) is 5.91 Å². The Hall–Kier alpha value is -1.56. The second-order valence-corrected chi connectivity index (χ2v) is 6.77. The molecule has 1 atom stereocenters. The van der Waals surface area contributed by atoms with E-state index in [1.165, 1.54) is 0 Å². The Bertz CT molecular complexity index is 768. The first-order valence-electron chi connectivity index (χ1n) is 6.48. The van der Waals surface area contributed by atoms with Crippen LogP contribution in [0.2, 0.25) is 5.02 Å². The van der Waals surface area contributed by atoms with E-state index in [2.05, 4.69) is 21.2 Å². The molecule has 0 fully saturated rings. The lowest BCUT2D eigenvalue weighted by molar-refractivity contribution is 0.0914. The number of amides is 1. The summed E-state index contributed by atoms with van der Waals surface area (Å²) < 4.78 is 5.83. The quantitative estimate of drug-likeness (QED) is 0.652. The number of hydrogen-bond donors (Lipinski definition) is 1. The lowest BCUT2D eigenvalue weighted by Crippen LogP contribution is -2.28. The molecule has 0 saturated carbocycles. The van der Waals surface area contributed by atoms with Gasteiger partial charge in [0.25, 0.3) is 5.91 Å². The molecule has 0 radical (unpaired) electrons. The predicted molar refractivity (Wildman–Crippen MR) is 91.5 cm³/mol. The van der Waals surface area contributed by atoms with Crippen LogP contribution in [0.1, 0.15) is 27.0 Å². The molecule has 0 spiro atoms. The van der Waals surface area contributed by atoms with Crippen LogP contribution in [0.4, 0.5) is 0 Å². The minimum absolute atomic E-state index is 0.242. The number of carbonyl (C=O) groups is 1. The summed E-state index contributed by atoms with van der Waals surface area (Å²) in [4.78, 5) is 13.4. The van der Waals surface area contributed by atoms with Crippen LogP contribution in [0, 0.1) is 0 Å². The van der Waals surface area contributed by atoms with Crippen molar-refractivity contribution < 1.29 is 9.21 Å². The molecule has 0 aliphatic rings. The van der Waals surface area contributed by atoms with Crippen molar-refractivity contribution in [1.82, 2.24) is 5.32 Å². The number of nitrogens with one attached hydrogen (secondary N) is 1. The maximum Gasteiger partial charge on any atom is 0.287 e. The zero-order valence-electron chi connectivity index (χ0n) is 11.3. The van der Waals surface area contributed by atoms with Gasteiger partial charge < -0.3 is 9.73 Å². The van der Waals surface area contributed by atoms with Crippen molar-refractivity contribution in [3.63, 3.8) is 0 Å². The van der Waals surface area contributed by atoms with E-state index in [1.807, 2.05) is 41.8 Å². The minimum atomic E-state index is -0.265. The fourth-order valence-corrected chi connectivity index (χ4v) is 3.30. The van der Waals surface area contributed by atoms with Crippen LogP contribution in [0.5, 0.6) is 0 Å². The molecule has 6 heteroatoms. The van der Waals surface area contributed by atoms with Gasteiger partial charge in [-0.3, -0.25) is 4.79 Å². The molecular weight excluding hydrogens is 386 g/mol. The van der Waals surface area contributed by atoms with Crippen LogP contribution in [0.15, 0.2) is 63.0 Å². The summed E-state index contributed by atoms with van der Waals surface area (Å²) in [6.07, 6.45) is 0. The molecule has 3 rings (SSSR count). The SMILES string of the molecule is O=C(NC(c1ccc(Cl)cc1)c1cccs1)c1ccc(Br)o1. The summed E-state index contributed by atoms with van der Waals surface area (Å²) in [5.41, 5.74) is 0.964. The normalized spacial score (nSPS) is 12.1. The molecule has 0 aliphatic carbocycles. The van der Waals surface area contributed by atoms with E-state index < -0.39 is 0 Å². The third-order valence-electron chi connectivity index (χ3n) is 3.10. The number of thiophene rings is 1. The highest BCUT2D eigenvalue weighted by molar-refractivity contribution is 9.10.